The molecule has 4 nitrogen and oxygen atoms in total. The molecule has 17 heavy (non-hydrogen) atoms. The van der Waals surface area contributed by atoms with Crippen LogP contribution in [0.1, 0.15) is 17.8 Å². The van der Waals surface area contributed by atoms with Gasteiger partial charge in [0.05, 0.1) is 0 Å². The summed E-state index contributed by atoms with van der Waals surface area (Å²) < 4.78 is 0. The third kappa shape index (κ3) is 3.03. The predicted octanol–water partition coefficient (Wildman–Crippen LogP) is 2.30. The van der Waals surface area contributed by atoms with Crippen LogP contribution in [-0.2, 0) is 0 Å². The van der Waals surface area contributed by atoms with E-state index in [1.165, 1.54) is 17.9 Å². The summed E-state index contributed by atoms with van der Waals surface area (Å²) in [7, 11) is 1.90. The molecule has 0 aromatic carbocycles. The first kappa shape index (κ1) is 12.5. The molecular formula is C12H20N4S. The normalized spacial score (nSPS) is 19.4. The van der Waals surface area contributed by atoms with Gasteiger partial charge < -0.3 is 10.6 Å². The lowest BCUT2D eigenvalue weighted by molar-refractivity contribution is 0.630. The van der Waals surface area contributed by atoms with E-state index in [0.717, 1.165) is 35.5 Å². The Balaban J connectivity index is 2.06. The van der Waals surface area contributed by atoms with Gasteiger partial charge in [-0.15, -0.1) is 0 Å². The lowest BCUT2D eigenvalue weighted by Crippen LogP contribution is -2.16. The Kier molecular flexibility index (Phi) is 4.10. The molecule has 2 heterocycles. The maximum atomic E-state index is 4.47. The summed E-state index contributed by atoms with van der Waals surface area (Å²) in [4.78, 5) is 8.84. The Hall–Kier alpha value is -0.970. The van der Waals surface area contributed by atoms with Crippen LogP contribution in [0.3, 0.4) is 0 Å². The molecule has 0 aliphatic carbocycles. The van der Waals surface area contributed by atoms with Crippen LogP contribution in [0.2, 0.25) is 0 Å². The summed E-state index contributed by atoms with van der Waals surface area (Å²) >= 11 is 2.05. The smallest absolute Gasteiger partial charge is 0.134 e. The highest BCUT2D eigenvalue weighted by Gasteiger charge is 2.16. The molecule has 0 spiro atoms. The van der Waals surface area contributed by atoms with E-state index in [0.29, 0.717) is 0 Å². The Bertz CT molecular complexity index is 388. The van der Waals surface area contributed by atoms with Crippen molar-refractivity contribution in [2.75, 3.05) is 35.7 Å². The van der Waals surface area contributed by atoms with Gasteiger partial charge in [0.2, 0.25) is 0 Å². The number of nitrogens with zero attached hydrogens (tertiary/aromatic N) is 2. The van der Waals surface area contributed by atoms with E-state index < -0.39 is 0 Å². The molecule has 2 N–H and O–H groups in total. The van der Waals surface area contributed by atoms with E-state index in [9.17, 15) is 0 Å². The molecule has 1 aromatic heterocycles. The van der Waals surface area contributed by atoms with Gasteiger partial charge in [0, 0.05) is 19.2 Å². The number of hydrogen-bond acceptors (Lipinski definition) is 5. The second-order valence-electron chi connectivity index (χ2n) is 4.45. The van der Waals surface area contributed by atoms with Crippen LogP contribution in [0, 0.1) is 19.8 Å². The molecule has 0 saturated carbocycles. The predicted molar refractivity (Wildman–Crippen MR) is 75.0 cm³/mol. The number of rotatable bonds is 4. The Morgan fingerprint density at radius 1 is 1.29 bits per heavy atom. The van der Waals surface area contributed by atoms with Crippen molar-refractivity contribution in [2.24, 2.45) is 5.92 Å². The first-order valence-electron chi connectivity index (χ1n) is 6.05. The molecule has 0 radical (unpaired) electrons. The maximum Gasteiger partial charge on any atom is 0.134 e. The minimum Gasteiger partial charge on any atom is -0.373 e. The molecular weight excluding hydrogens is 232 g/mol. The van der Waals surface area contributed by atoms with Gasteiger partial charge in [-0.2, -0.15) is 11.8 Å². The van der Waals surface area contributed by atoms with Gasteiger partial charge in [-0.3, -0.25) is 0 Å². The number of hydrogen-bond donors (Lipinski definition) is 2. The average molecular weight is 252 g/mol. The maximum absolute atomic E-state index is 4.47. The SMILES string of the molecule is CNc1nc(C)nc(NCC2CCSC2)c1C. The van der Waals surface area contributed by atoms with Crippen molar-refractivity contribution in [1.29, 1.82) is 0 Å². The number of aryl methyl sites for hydroxylation is 1. The van der Waals surface area contributed by atoms with Gasteiger partial charge in [-0.1, -0.05) is 0 Å². The Morgan fingerprint density at radius 3 is 2.71 bits per heavy atom. The third-order valence-corrected chi connectivity index (χ3v) is 4.31. The number of thioether (sulfide) groups is 1. The van der Waals surface area contributed by atoms with Crippen molar-refractivity contribution < 1.29 is 0 Å². The molecule has 1 aromatic rings. The molecule has 5 heteroatoms. The fourth-order valence-electron chi connectivity index (χ4n) is 2.03. The molecule has 1 unspecified atom stereocenters. The molecule has 1 fully saturated rings. The monoisotopic (exact) mass is 252 g/mol. The van der Waals surface area contributed by atoms with Crippen LogP contribution >= 0.6 is 11.8 Å². The molecule has 1 atom stereocenters. The minimum absolute atomic E-state index is 0.785. The molecule has 94 valence electrons. The second kappa shape index (κ2) is 5.58. The minimum atomic E-state index is 0.785. The average Bonchev–Trinajstić information content (AvgIpc) is 2.82. The molecule has 1 aliphatic heterocycles. The number of nitrogens with one attached hydrogen (secondary N) is 2. The summed E-state index contributed by atoms with van der Waals surface area (Å²) in [6.07, 6.45) is 1.32. The summed E-state index contributed by atoms with van der Waals surface area (Å²) in [6.45, 7) is 5.00. The van der Waals surface area contributed by atoms with E-state index in [1.54, 1.807) is 0 Å². The topological polar surface area (TPSA) is 49.8 Å². The third-order valence-electron chi connectivity index (χ3n) is 3.08. The number of aromatic nitrogens is 2. The van der Waals surface area contributed by atoms with Crippen molar-refractivity contribution >= 4 is 23.4 Å². The van der Waals surface area contributed by atoms with Gasteiger partial charge in [-0.25, -0.2) is 9.97 Å². The van der Waals surface area contributed by atoms with Gasteiger partial charge in [0.1, 0.15) is 17.5 Å². The van der Waals surface area contributed by atoms with Gasteiger partial charge >= 0.3 is 0 Å². The van der Waals surface area contributed by atoms with Crippen LogP contribution in [0.4, 0.5) is 11.6 Å². The molecule has 0 amide bonds. The summed E-state index contributed by atoms with van der Waals surface area (Å²) in [5, 5.41) is 6.58. The largest absolute Gasteiger partial charge is 0.373 e. The second-order valence-corrected chi connectivity index (χ2v) is 5.60. The van der Waals surface area contributed by atoms with Gasteiger partial charge in [0.15, 0.2) is 0 Å². The van der Waals surface area contributed by atoms with Crippen molar-refractivity contribution in [3.63, 3.8) is 0 Å². The Labute approximate surface area is 107 Å². The lowest BCUT2D eigenvalue weighted by atomic mass is 10.1. The van der Waals surface area contributed by atoms with Crippen molar-refractivity contribution in [1.82, 2.24) is 9.97 Å². The molecule has 2 rings (SSSR count). The summed E-state index contributed by atoms with van der Waals surface area (Å²) in [6, 6.07) is 0. The summed E-state index contributed by atoms with van der Waals surface area (Å²) in [5.41, 5.74) is 1.10. The van der Waals surface area contributed by atoms with E-state index in [2.05, 4.69) is 27.5 Å². The van der Waals surface area contributed by atoms with Crippen LogP contribution in [0.5, 0.6) is 0 Å². The molecule has 1 aliphatic rings. The van der Waals surface area contributed by atoms with Gasteiger partial charge in [-0.05, 0) is 37.7 Å². The summed E-state index contributed by atoms with van der Waals surface area (Å²) in [5.74, 6) is 6.06. The van der Waals surface area contributed by atoms with Gasteiger partial charge in [0.25, 0.3) is 0 Å². The van der Waals surface area contributed by atoms with Crippen molar-refractivity contribution in [2.45, 2.75) is 20.3 Å². The van der Waals surface area contributed by atoms with E-state index in [4.69, 9.17) is 0 Å². The fourth-order valence-corrected chi connectivity index (χ4v) is 3.31. The quantitative estimate of drug-likeness (QED) is 0.861. The molecule has 1 saturated heterocycles. The zero-order valence-corrected chi connectivity index (χ0v) is 11.5. The first-order chi connectivity index (χ1) is 8.20. The zero-order valence-electron chi connectivity index (χ0n) is 10.7. The van der Waals surface area contributed by atoms with Crippen molar-refractivity contribution in [3.8, 4) is 0 Å². The lowest BCUT2D eigenvalue weighted by Gasteiger charge is -2.15. The highest BCUT2D eigenvalue weighted by Crippen LogP contribution is 2.25. The van der Waals surface area contributed by atoms with E-state index in [1.807, 2.05) is 25.7 Å². The number of anilines is 2. The van der Waals surface area contributed by atoms with Crippen molar-refractivity contribution in [3.05, 3.63) is 11.4 Å². The zero-order chi connectivity index (χ0) is 12.3. The standard InChI is InChI=1S/C12H20N4S/c1-8-11(13-3)15-9(2)16-12(8)14-6-10-4-5-17-7-10/h10H,4-7H2,1-3H3,(H2,13,14,15,16). The van der Waals surface area contributed by atoms with E-state index >= 15 is 0 Å². The van der Waals surface area contributed by atoms with Crippen LogP contribution < -0.4 is 10.6 Å². The highest BCUT2D eigenvalue weighted by molar-refractivity contribution is 7.99. The molecule has 0 bridgehead atoms. The first-order valence-corrected chi connectivity index (χ1v) is 7.20. The van der Waals surface area contributed by atoms with Crippen LogP contribution in [-0.4, -0.2) is 35.1 Å². The van der Waals surface area contributed by atoms with E-state index in [-0.39, 0.29) is 0 Å². The Morgan fingerprint density at radius 2 is 2.06 bits per heavy atom. The fraction of sp³-hybridized carbons (Fsp3) is 0.667. The van der Waals surface area contributed by atoms with Crippen LogP contribution in [0.15, 0.2) is 0 Å². The highest BCUT2D eigenvalue weighted by atomic mass is 32.2. The van der Waals surface area contributed by atoms with Crippen LogP contribution in [0.25, 0.3) is 0 Å².